The summed E-state index contributed by atoms with van der Waals surface area (Å²) in [5.41, 5.74) is -1.51. The summed E-state index contributed by atoms with van der Waals surface area (Å²) in [7, 11) is 1.87. The van der Waals surface area contributed by atoms with E-state index in [1.807, 2.05) is 11.9 Å². The molecule has 0 bridgehead atoms. The molecule has 14 heteroatoms. The van der Waals surface area contributed by atoms with Gasteiger partial charge in [0.25, 0.3) is 0 Å². The molecule has 1 aromatic carbocycles. The Morgan fingerprint density at radius 3 is 2.28 bits per heavy atom. The maximum Gasteiger partial charge on any atom is 0.491 e. The second-order valence-electron chi connectivity index (χ2n) is 8.46. The summed E-state index contributed by atoms with van der Waals surface area (Å²) in [6, 6.07) is 1.90. The van der Waals surface area contributed by atoms with Crippen LogP contribution in [0, 0.1) is 0 Å². The van der Waals surface area contributed by atoms with Crippen molar-refractivity contribution in [1.29, 1.82) is 0 Å². The molecule has 1 amide bonds. The first-order valence-electron chi connectivity index (χ1n) is 11.1. The van der Waals surface area contributed by atoms with Crippen LogP contribution in [0.4, 0.5) is 32.0 Å². The van der Waals surface area contributed by atoms with E-state index in [2.05, 4.69) is 4.74 Å². The zero-order valence-electron chi connectivity index (χ0n) is 19.2. The van der Waals surface area contributed by atoms with Crippen molar-refractivity contribution in [2.45, 2.75) is 50.1 Å². The van der Waals surface area contributed by atoms with Crippen molar-refractivity contribution in [3.8, 4) is 5.75 Å². The van der Waals surface area contributed by atoms with E-state index in [0.29, 0.717) is 4.90 Å². The number of hydrogen-bond donors (Lipinski definition) is 0. The quantitative estimate of drug-likeness (QED) is 0.319. The average molecular weight is 526 g/mol. The molecule has 0 radical (unpaired) electrons. The second kappa shape index (κ2) is 11.0. The summed E-state index contributed by atoms with van der Waals surface area (Å²) in [5.74, 6) is -7.06. The lowest BCUT2D eigenvalue weighted by Crippen LogP contribution is -2.50. The molecule has 2 saturated heterocycles. The number of alkyl halides is 6. The topological polar surface area (TPSA) is 85.4 Å². The number of ether oxygens (including phenoxy) is 3. The number of likely N-dealkylation sites (tertiary alicyclic amines) is 1. The summed E-state index contributed by atoms with van der Waals surface area (Å²) in [5, 5.41) is 0. The molecule has 2 heterocycles. The fourth-order valence-corrected chi connectivity index (χ4v) is 4.10. The zero-order valence-corrected chi connectivity index (χ0v) is 19.2. The molecule has 2 aliphatic heterocycles. The molecule has 8 nitrogen and oxygen atoms in total. The van der Waals surface area contributed by atoms with Gasteiger partial charge in [-0.3, -0.25) is 4.79 Å². The monoisotopic (exact) mass is 526 g/mol. The molecule has 3 rings (SSSR count). The van der Waals surface area contributed by atoms with E-state index in [9.17, 15) is 40.7 Å². The normalized spacial score (nSPS) is 19.7. The van der Waals surface area contributed by atoms with Crippen molar-refractivity contribution in [2.75, 3.05) is 38.3 Å². The Hall–Kier alpha value is -2.87. The van der Waals surface area contributed by atoms with E-state index < -0.39 is 47.5 Å². The Kier molecular flexibility index (Phi) is 8.49. The molecule has 36 heavy (non-hydrogen) atoms. The first-order valence-corrected chi connectivity index (χ1v) is 11.1. The van der Waals surface area contributed by atoms with Gasteiger partial charge in [-0.1, -0.05) is 0 Å². The Morgan fingerprint density at radius 2 is 1.72 bits per heavy atom. The van der Waals surface area contributed by atoms with Crippen LogP contribution in [0.15, 0.2) is 18.2 Å². The number of nitrogens with zero attached hydrogens (tertiary/aromatic N) is 2. The van der Waals surface area contributed by atoms with Crippen molar-refractivity contribution in [1.82, 2.24) is 4.90 Å². The largest absolute Gasteiger partial charge is 0.492 e. The molecule has 2 fully saturated rings. The van der Waals surface area contributed by atoms with E-state index in [-0.39, 0.29) is 44.5 Å². The van der Waals surface area contributed by atoms with Gasteiger partial charge in [0.1, 0.15) is 12.4 Å². The van der Waals surface area contributed by atoms with Gasteiger partial charge in [0, 0.05) is 31.4 Å². The van der Waals surface area contributed by atoms with Gasteiger partial charge in [0.15, 0.2) is 0 Å². The summed E-state index contributed by atoms with van der Waals surface area (Å²) in [6.07, 6.45) is -9.22. The molecule has 0 unspecified atom stereocenters. The lowest BCUT2D eigenvalue weighted by molar-refractivity contribution is -0.193. The number of rotatable bonds is 6. The molecular formula is C22H24F6N2O6. The lowest BCUT2D eigenvalue weighted by atomic mass is 10.0. The van der Waals surface area contributed by atoms with Crippen LogP contribution in [0.25, 0.3) is 0 Å². The summed E-state index contributed by atoms with van der Waals surface area (Å²) in [4.78, 5) is 38.4. The van der Waals surface area contributed by atoms with Gasteiger partial charge in [-0.15, -0.1) is 0 Å². The third kappa shape index (κ3) is 6.66. The highest BCUT2D eigenvalue weighted by Gasteiger charge is 2.47. The number of amides is 1. The molecular weight excluding hydrogens is 502 g/mol. The number of carbonyl (C=O) groups excluding carboxylic acids is 3. The van der Waals surface area contributed by atoms with Gasteiger partial charge in [-0.05, 0) is 51.4 Å². The maximum atomic E-state index is 13.6. The molecule has 1 atom stereocenters. The Bertz CT molecular complexity index is 977. The molecule has 0 aliphatic carbocycles. The lowest BCUT2D eigenvalue weighted by Gasteiger charge is -2.35. The number of esters is 2. The predicted molar refractivity (Wildman–Crippen MR) is 111 cm³/mol. The fraction of sp³-hybridized carbons (Fsp3) is 0.591. The van der Waals surface area contributed by atoms with Gasteiger partial charge < -0.3 is 24.0 Å². The van der Waals surface area contributed by atoms with Gasteiger partial charge in [-0.25, -0.2) is 9.59 Å². The zero-order chi connectivity index (χ0) is 26.7. The van der Waals surface area contributed by atoms with Crippen molar-refractivity contribution in [3.63, 3.8) is 0 Å². The highest BCUT2D eigenvalue weighted by atomic mass is 19.4. The van der Waals surface area contributed by atoms with Crippen molar-refractivity contribution in [2.24, 2.45) is 0 Å². The van der Waals surface area contributed by atoms with Gasteiger partial charge in [-0.2, -0.15) is 26.3 Å². The molecule has 2 aliphatic rings. The SMILES string of the molecule is CN1CCC[C@H]1COc1ccc(C(=O)OC(=O)C(F)(F)F)c(N(C(=O)C(F)(F)F)C2CCOCC2)c1. The number of hydrogen-bond acceptors (Lipinski definition) is 7. The van der Waals surface area contributed by atoms with Crippen LogP contribution in [0.1, 0.15) is 36.0 Å². The number of anilines is 1. The second-order valence-corrected chi connectivity index (χ2v) is 8.46. The number of halogens is 6. The third-order valence-corrected chi connectivity index (χ3v) is 6.00. The minimum Gasteiger partial charge on any atom is -0.492 e. The van der Waals surface area contributed by atoms with Gasteiger partial charge >= 0.3 is 30.2 Å². The minimum atomic E-state index is -5.52. The Labute approximate surface area is 202 Å². The Morgan fingerprint density at radius 1 is 1.06 bits per heavy atom. The highest BCUT2D eigenvalue weighted by Crippen LogP contribution is 2.35. The van der Waals surface area contributed by atoms with E-state index >= 15 is 0 Å². The van der Waals surface area contributed by atoms with E-state index in [1.54, 1.807) is 0 Å². The standard InChI is InChI=1S/C22H24F6N2O6/c1-29-8-2-3-14(29)12-35-15-4-5-16(18(31)36-20(33)22(26,27)28)17(11-15)30(19(32)21(23,24)25)13-6-9-34-10-7-13/h4-5,11,13-14H,2-3,6-10,12H2,1H3/t14-/m0/s1. The van der Waals surface area contributed by atoms with E-state index in [4.69, 9.17) is 9.47 Å². The van der Waals surface area contributed by atoms with Crippen LogP contribution in [-0.4, -0.2) is 80.6 Å². The first-order chi connectivity index (χ1) is 16.8. The van der Waals surface area contributed by atoms with E-state index in [1.165, 1.54) is 0 Å². The summed E-state index contributed by atoms with van der Waals surface area (Å²) < 4.78 is 93.2. The smallest absolute Gasteiger partial charge is 0.491 e. The van der Waals surface area contributed by atoms with Crippen molar-refractivity contribution < 1.29 is 54.9 Å². The van der Waals surface area contributed by atoms with Crippen molar-refractivity contribution in [3.05, 3.63) is 23.8 Å². The highest BCUT2D eigenvalue weighted by molar-refractivity contribution is 6.07. The molecule has 0 aromatic heterocycles. The van der Waals surface area contributed by atoms with Crippen LogP contribution in [0.3, 0.4) is 0 Å². The van der Waals surface area contributed by atoms with Crippen LogP contribution >= 0.6 is 0 Å². The van der Waals surface area contributed by atoms with Crippen LogP contribution < -0.4 is 9.64 Å². The Balaban J connectivity index is 2.02. The first kappa shape index (κ1) is 27.7. The molecule has 0 spiro atoms. The number of likely N-dealkylation sites (N-methyl/N-ethyl adjacent to an activating group) is 1. The molecule has 200 valence electrons. The minimum absolute atomic E-state index is 0.0167. The van der Waals surface area contributed by atoms with Gasteiger partial charge in [0.05, 0.1) is 11.3 Å². The predicted octanol–water partition coefficient (Wildman–Crippen LogP) is 3.48. The van der Waals surface area contributed by atoms with Crippen LogP contribution in [-0.2, 0) is 19.1 Å². The van der Waals surface area contributed by atoms with Gasteiger partial charge in [0.2, 0.25) is 0 Å². The summed E-state index contributed by atoms with van der Waals surface area (Å²) >= 11 is 0. The molecule has 1 aromatic rings. The molecule has 0 N–H and O–H groups in total. The molecule has 0 saturated carbocycles. The number of benzene rings is 1. The number of carbonyl (C=O) groups is 3. The third-order valence-electron chi connectivity index (χ3n) is 6.00. The van der Waals surface area contributed by atoms with Crippen LogP contribution in [0.2, 0.25) is 0 Å². The average Bonchev–Trinajstić information content (AvgIpc) is 3.22. The maximum absolute atomic E-state index is 13.6. The van der Waals surface area contributed by atoms with Crippen LogP contribution in [0.5, 0.6) is 5.75 Å². The van der Waals surface area contributed by atoms with Crippen molar-refractivity contribution >= 4 is 23.5 Å². The van der Waals surface area contributed by atoms with E-state index in [0.717, 1.165) is 37.6 Å². The summed E-state index contributed by atoms with van der Waals surface area (Å²) in [6.45, 7) is 1.01. The fourth-order valence-electron chi connectivity index (χ4n) is 4.10.